The second-order valence-corrected chi connectivity index (χ2v) is 29.8. The number of urea groups is 1. The first-order chi connectivity index (χ1) is 51.2. The summed E-state index contributed by atoms with van der Waals surface area (Å²) in [7, 11) is 1.59. The van der Waals surface area contributed by atoms with Gasteiger partial charge in [0, 0.05) is 83.3 Å². The van der Waals surface area contributed by atoms with Crippen LogP contribution in [0.4, 0.5) is 15.3 Å². The van der Waals surface area contributed by atoms with Crippen LogP contribution in [0.2, 0.25) is 0 Å². The Balaban J connectivity index is 0.729. The molecule has 21 atom stereocenters. The molecule has 10 rings (SSSR count). The molecule has 1 aromatic carbocycles. The van der Waals surface area contributed by atoms with E-state index >= 15 is 0 Å². The van der Waals surface area contributed by atoms with Gasteiger partial charge in [0.25, 0.3) is 0 Å². The molecule has 9 aliphatic rings. The van der Waals surface area contributed by atoms with Gasteiger partial charge < -0.3 is 119 Å². The van der Waals surface area contributed by atoms with Crippen molar-refractivity contribution in [2.24, 2.45) is 29.2 Å². The number of carbonyl (C=O) groups excluding carboxylic acids is 6. The van der Waals surface area contributed by atoms with E-state index in [1.165, 1.54) is 0 Å². The molecule has 600 valence electrons. The number of carbonyl (C=O) groups is 6. The molecule has 0 saturated carbocycles. The number of methoxy groups -OCH3 is 1. The number of hydrogen-bond donors (Lipinski definition) is 8. The number of amides is 6. The minimum atomic E-state index is -1.10. The standard InChI is InChI=1S/C76H123N7O23/c1-8-11-54-21-23-76-43-63-68(105-76)69-70(104-63)71(106-76)67-59(103-69)20-19-56(101-67)39-51(84)40-57-61(42-60-48(6)47(5)38-55(100-60)18-17-53(9-2)99-54)102-62(66(57)91-7)41-52(85)44-80-75(90)98-45-49-13-15-50(16-14-49)81-72(87)58(12-10-25-79-74(78)89)82-73(88)65(46(3)4)83-64(86)22-26-92-28-30-94-32-34-96-36-37-97-35-33-95-31-29-93-27-24-77/h13-16,46-47,52-63,65-71,85H,6,8-12,17-45,77H2,1-5,7H3,(H,80,90)(H,81,87)(H,82,88)(H,83,86)(H3,78,79,89)/t47-,52+,53?,54-,55+,56-,57+,58+,59+,60-,61+,62-,63-,65+,66-,67+,68+,69?,70?,71+,76+/m1/s1. The van der Waals surface area contributed by atoms with Gasteiger partial charge in [-0.1, -0.05) is 59.8 Å². The lowest BCUT2D eigenvalue weighted by Crippen LogP contribution is -2.61. The number of aliphatic hydroxyl groups is 1. The summed E-state index contributed by atoms with van der Waals surface area (Å²) >= 11 is 0. The van der Waals surface area contributed by atoms with Crippen molar-refractivity contribution in [2.75, 3.05) is 111 Å². The van der Waals surface area contributed by atoms with Gasteiger partial charge in [-0.15, -0.1) is 0 Å². The molecule has 1 aromatic rings. The van der Waals surface area contributed by atoms with E-state index in [9.17, 15) is 33.9 Å². The number of benzene rings is 1. The third-order valence-electron chi connectivity index (χ3n) is 21.5. The number of aliphatic hydroxyl groups excluding tert-OH is 1. The Hall–Kier alpha value is -5.10. The van der Waals surface area contributed by atoms with Crippen LogP contribution in [0.25, 0.3) is 0 Å². The zero-order chi connectivity index (χ0) is 75.5. The minimum absolute atomic E-state index is 0.00299. The Morgan fingerprint density at radius 3 is 2.02 bits per heavy atom. The number of nitrogens with two attached hydrogens (primary N) is 2. The number of hydrogen-bond acceptors (Lipinski definition) is 24. The highest BCUT2D eigenvalue weighted by Gasteiger charge is 2.69. The van der Waals surface area contributed by atoms with Crippen molar-refractivity contribution < 1.29 is 110 Å². The van der Waals surface area contributed by atoms with Crippen molar-refractivity contribution in [1.82, 2.24) is 21.3 Å². The first-order valence-corrected chi connectivity index (χ1v) is 39.1. The van der Waals surface area contributed by atoms with Gasteiger partial charge in [0.15, 0.2) is 5.79 Å². The van der Waals surface area contributed by atoms with Crippen molar-refractivity contribution in [3.8, 4) is 0 Å². The fraction of sp³-hybridized carbons (Fsp3) is 0.816. The summed E-state index contributed by atoms with van der Waals surface area (Å²) in [6.45, 7) is 19.5. The molecule has 30 heteroatoms. The molecule has 30 nitrogen and oxygen atoms in total. The van der Waals surface area contributed by atoms with Gasteiger partial charge in [-0.2, -0.15) is 0 Å². The predicted molar refractivity (Wildman–Crippen MR) is 386 cm³/mol. The van der Waals surface area contributed by atoms with Crippen LogP contribution in [0.15, 0.2) is 36.4 Å². The molecule has 9 saturated heterocycles. The van der Waals surface area contributed by atoms with Gasteiger partial charge in [-0.05, 0) is 99.3 Å². The maximum atomic E-state index is 14.6. The first-order valence-electron chi connectivity index (χ1n) is 39.1. The largest absolute Gasteiger partial charge is 0.445 e. The summed E-state index contributed by atoms with van der Waals surface area (Å²) < 4.78 is 99.8. The monoisotopic (exact) mass is 1500 g/mol. The van der Waals surface area contributed by atoms with Gasteiger partial charge in [-0.25, -0.2) is 9.59 Å². The van der Waals surface area contributed by atoms with Crippen molar-refractivity contribution >= 4 is 41.3 Å². The average molecular weight is 1500 g/mol. The summed E-state index contributed by atoms with van der Waals surface area (Å²) in [5.74, 6) is -3.02. The number of ketones is 1. The second-order valence-electron chi connectivity index (χ2n) is 29.8. The van der Waals surface area contributed by atoms with E-state index in [2.05, 4.69) is 53.9 Å². The topological polar surface area (TPSA) is 383 Å². The quantitative estimate of drug-likeness (QED) is 0.0312. The van der Waals surface area contributed by atoms with Crippen molar-refractivity contribution in [3.63, 3.8) is 0 Å². The van der Waals surface area contributed by atoms with Crippen molar-refractivity contribution in [3.05, 3.63) is 42.0 Å². The van der Waals surface area contributed by atoms with Crippen LogP contribution in [-0.2, 0) is 102 Å². The SMILES string of the molecule is C=C1[C@H](C)C[C@@H]2CCC(CC)O[C@H](CCC)CC[C@@]34C[C@H]5OC6C(O[C@H]7CC[C@H](CC(=O)C[C@@H]8[C@@H](OC)[C@@H](C[C@H](O)CNC(=O)OCc9ccc(NC(=O)[C@H](CCCNC(N)=O)NC(=O)[C@@H](NC(=O)CCOCCOCCOCCOCCOCCOCCN)C(C)C)cc9)O[C@H]8C[C@H]1O2)O[C@@H]7[C@@H]6O3)[C@H]5O4. The number of ether oxygens (including phenoxy) is 16. The van der Waals surface area contributed by atoms with E-state index in [1.54, 1.807) is 45.2 Å². The maximum Gasteiger partial charge on any atom is 0.407 e. The molecule has 9 aliphatic heterocycles. The summed E-state index contributed by atoms with van der Waals surface area (Å²) in [5.41, 5.74) is 12.6. The third kappa shape index (κ3) is 25.5. The number of Topliss-reactive ketones (excluding diaryl/α,β-unsaturated/α-hetero) is 1. The lowest BCUT2D eigenvalue weighted by atomic mass is 9.81. The fourth-order valence-corrected chi connectivity index (χ4v) is 15.9. The van der Waals surface area contributed by atoms with E-state index in [1.807, 2.05) is 0 Å². The van der Waals surface area contributed by atoms with Gasteiger partial charge in [0.1, 0.15) is 55.0 Å². The van der Waals surface area contributed by atoms with Crippen LogP contribution in [0.3, 0.4) is 0 Å². The molecule has 106 heavy (non-hydrogen) atoms. The van der Waals surface area contributed by atoms with Crippen LogP contribution in [0.5, 0.6) is 0 Å². The van der Waals surface area contributed by atoms with Gasteiger partial charge in [-0.3, -0.25) is 19.2 Å². The van der Waals surface area contributed by atoms with Crippen LogP contribution in [0, 0.1) is 17.8 Å². The third-order valence-corrected chi connectivity index (χ3v) is 21.5. The maximum absolute atomic E-state index is 14.6. The molecule has 0 aliphatic carbocycles. The smallest absolute Gasteiger partial charge is 0.407 e. The van der Waals surface area contributed by atoms with E-state index in [-0.39, 0.29) is 157 Å². The Bertz CT molecular complexity index is 2890. The van der Waals surface area contributed by atoms with Crippen molar-refractivity contribution in [1.29, 1.82) is 0 Å². The van der Waals surface area contributed by atoms with E-state index in [4.69, 9.17) is 87.3 Å². The van der Waals surface area contributed by atoms with E-state index < -0.39 is 90.3 Å². The first kappa shape index (κ1) is 84.9. The summed E-state index contributed by atoms with van der Waals surface area (Å²) in [6.07, 6.45) is 3.39. The number of alkyl carbamates (subject to hydrolysis) is 1. The molecule has 3 unspecified atom stereocenters. The summed E-state index contributed by atoms with van der Waals surface area (Å²) in [6, 6.07) is 3.72. The lowest BCUT2D eigenvalue weighted by molar-refractivity contribution is -0.293. The van der Waals surface area contributed by atoms with E-state index in [0.717, 1.165) is 50.5 Å². The highest BCUT2D eigenvalue weighted by molar-refractivity contribution is 5.98. The molecule has 9 heterocycles. The van der Waals surface area contributed by atoms with Gasteiger partial charge in [0.2, 0.25) is 17.7 Å². The number of fused-ring (bicyclic) bond motifs is 4. The van der Waals surface area contributed by atoms with Crippen LogP contribution in [0.1, 0.15) is 156 Å². The Kier molecular flexibility index (Phi) is 34.8. The Morgan fingerprint density at radius 1 is 0.698 bits per heavy atom. The molecule has 10 N–H and O–H groups in total. The Morgan fingerprint density at radius 2 is 1.36 bits per heavy atom. The fourth-order valence-electron chi connectivity index (χ4n) is 15.9. The summed E-state index contributed by atoms with van der Waals surface area (Å²) in [5, 5.41) is 25.1. The van der Waals surface area contributed by atoms with Crippen LogP contribution in [-0.4, -0.2) is 262 Å². The molecule has 9 fully saturated rings. The highest BCUT2D eigenvalue weighted by Crippen LogP contribution is 2.54. The molecule has 10 bridgehead atoms. The van der Waals surface area contributed by atoms with E-state index in [0.29, 0.717) is 109 Å². The van der Waals surface area contributed by atoms with Crippen LogP contribution >= 0.6 is 0 Å². The lowest BCUT2D eigenvalue weighted by Gasteiger charge is -2.47. The highest BCUT2D eigenvalue weighted by atomic mass is 16.8. The summed E-state index contributed by atoms with van der Waals surface area (Å²) in [4.78, 5) is 80.0. The molecular formula is C76H123N7O23. The normalized spacial score (nSPS) is 31.6. The molecular weight excluding hydrogens is 1380 g/mol. The number of anilines is 1. The number of primary amides is 1. The van der Waals surface area contributed by atoms with Crippen molar-refractivity contribution in [2.45, 2.75) is 272 Å². The molecule has 0 radical (unpaired) electrons. The molecule has 1 spiro atoms. The zero-order valence-corrected chi connectivity index (χ0v) is 63.3. The molecule has 0 aromatic heterocycles. The molecule has 6 amide bonds. The van der Waals surface area contributed by atoms with Gasteiger partial charge >= 0.3 is 12.1 Å². The van der Waals surface area contributed by atoms with Crippen LogP contribution < -0.4 is 38.1 Å². The Labute approximate surface area is 624 Å². The van der Waals surface area contributed by atoms with Gasteiger partial charge in [0.05, 0.1) is 146 Å². The predicted octanol–water partition coefficient (Wildman–Crippen LogP) is 5.12. The second kappa shape index (κ2) is 43.5. The zero-order valence-electron chi connectivity index (χ0n) is 63.3. The number of nitrogens with one attached hydrogen (secondary N) is 5. The minimum Gasteiger partial charge on any atom is -0.445 e. The average Bonchev–Trinajstić information content (AvgIpc) is 1.55. The number of rotatable bonds is 40.